The molecule has 1 amide bonds. The molecule has 0 aliphatic heterocycles. The average Bonchev–Trinajstić information content (AvgIpc) is 2.31. The van der Waals surface area contributed by atoms with Crippen molar-refractivity contribution in [2.24, 2.45) is 5.73 Å². The highest BCUT2D eigenvalue weighted by atomic mass is 19.1. The number of rotatable bonds is 5. The molecule has 94 valence electrons. The van der Waals surface area contributed by atoms with Crippen molar-refractivity contribution in [3.8, 4) is 5.75 Å². The van der Waals surface area contributed by atoms with Gasteiger partial charge in [-0.25, -0.2) is 4.39 Å². The Kier molecular flexibility index (Phi) is 4.90. The van der Waals surface area contributed by atoms with Crippen LogP contribution in [0, 0.1) is 5.82 Å². The molecule has 0 aliphatic rings. The smallest absolute Gasteiger partial charge is 0.260 e. The van der Waals surface area contributed by atoms with E-state index in [0.29, 0.717) is 12.1 Å². The molecule has 1 aromatic carbocycles. The van der Waals surface area contributed by atoms with Crippen molar-refractivity contribution in [1.29, 1.82) is 0 Å². The van der Waals surface area contributed by atoms with Crippen molar-refractivity contribution >= 4 is 5.91 Å². The monoisotopic (exact) mass is 240 g/mol. The first kappa shape index (κ1) is 13.4. The van der Waals surface area contributed by atoms with Crippen LogP contribution in [0.4, 0.5) is 4.39 Å². The number of carbonyl (C=O) groups excluding carboxylic acids is 1. The first-order valence-electron chi connectivity index (χ1n) is 5.51. The standard InChI is InChI=1S/C12H17FN2O2/c1-3-15-12(16)8(2)17-11-5-4-9(7-14)6-10(11)13/h4-6,8H,3,7,14H2,1-2H3,(H,15,16). The van der Waals surface area contributed by atoms with E-state index in [4.69, 9.17) is 10.5 Å². The van der Waals surface area contributed by atoms with Crippen molar-refractivity contribution in [1.82, 2.24) is 5.32 Å². The van der Waals surface area contributed by atoms with E-state index in [1.54, 1.807) is 19.9 Å². The molecule has 0 heterocycles. The van der Waals surface area contributed by atoms with E-state index in [0.717, 1.165) is 0 Å². The fraction of sp³-hybridized carbons (Fsp3) is 0.417. The highest BCUT2D eigenvalue weighted by Gasteiger charge is 2.15. The highest BCUT2D eigenvalue weighted by Crippen LogP contribution is 2.19. The van der Waals surface area contributed by atoms with Gasteiger partial charge in [-0.2, -0.15) is 0 Å². The second kappa shape index (κ2) is 6.20. The fourth-order valence-corrected chi connectivity index (χ4v) is 1.33. The lowest BCUT2D eigenvalue weighted by atomic mass is 10.2. The van der Waals surface area contributed by atoms with Crippen LogP contribution >= 0.6 is 0 Å². The maximum atomic E-state index is 13.5. The molecule has 0 aromatic heterocycles. The second-order valence-corrected chi connectivity index (χ2v) is 3.62. The molecule has 0 saturated carbocycles. The summed E-state index contributed by atoms with van der Waals surface area (Å²) in [6.45, 7) is 4.16. The van der Waals surface area contributed by atoms with E-state index in [-0.39, 0.29) is 18.2 Å². The Hall–Kier alpha value is -1.62. The number of nitrogens with two attached hydrogens (primary N) is 1. The molecule has 17 heavy (non-hydrogen) atoms. The molecule has 1 atom stereocenters. The Morgan fingerprint density at radius 2 is 2.29 bits per heavy atom. The van der Waals surface area contributed by atoms with E-state index in [1.807, 2.05) is 0 Å². The quantitative estimate of drug-likeness (QED) is 0.812. The lowest BCUT2D eigenvalue weighted by molar-refractivity contribution is -0.127. The van der Waals surface area contributed by atoms with E-state index < -0.39 is 11.9 Å². The summed E-state index contributed by atoms with van der Waals surface area (Å²) in [6, 6.07) is 4.45. The lowest BCUT2D eigenvalue weighted by Crippen LogP contribution is -2.36. The normalized spacial score (nSPS) is 12.0. The number of nitrogens with one attached hydrogen (secondary N) is 1. The Bertz CT molecular complexity index is 396. The molecule has 3 N–H and O–H groups in total. The number of likely N-dealkylation sites (N-methyl/N-ethyl adjacent to an activating group) is 1. The van der Waals surface area contributed by atoms with Gasteiger partial charge >= 0.3 is 0 Å². The molecular weight excluding hydrogens is 223 g/mol. The van der Waals surface area contributed by atoms with Crippen LogP contribution < -0.4 is 15.8 Å². The third-order valence-electron chi connectivity index (χ3n) is 2.26. The van der Waals surface area contributed by atoms with Crippen molar-refractivity contribution < 1.29 is 13.9 Å². The van der Waals surface area contributed by atoms with Gasteiger partial charge < -0.3 is 15.8 Å². The summed E-state index contributed by atoms with van der Waals surface area (Å²) in [5.74, 6) is -0.722. The average molecular weight is 240 g/mol. The molecule has 5 heteroatoms. The molecule has 1 rings (SSSR count). The van der Waals surface area contributed by atoms with Crippen molar-refractivity contribution in [2.75, 3.05) is 6.54 Å². The molecule has 4 nitrogen and oxygen atoms in total. The molecule has 0 spiro atoms. The zero-order chi connectivity index (χ0) is 12.8. The molecule has 1 aromatic rings. The summed E-state index contributed by atoms with van der Waals surface area (Å²) in [4.78, 5) is 11.4. The van der Waals surface area contributed by atoms with Gasteiger partial charge in [-0.15, -0.1) is 0 Å². The predicted molar refractivity (Wildman–Crippen MR) is 63.1 cm³/mol. The van der Waals surface area contributed by atoms with E-state index in [9.17, 15) is 9.18 Å². The van der Waals surface area contributed by atoms with Gasteiger partial charge in [0.1, 0.15) is 0 Å². The summed E-state index contributed by atoms with van der Waals surface area (Å²) in [7, 11) is 0. The van der Waals surface area contributed by atoms with Gasteiger partial charge in [0.05, 0.1) is 0 Å². The summed E-state index contributed by atoms with van der Waals surface area (Å²) < 4.78 is 18.8. The molecular formula is C12H17FN2O2. The van der Waals surface area contributed by atoms with Gasteiger partial charge in [-0.05, 0) is 31.5 Å². The minimum Gasteiger partial charge on any atom is -0.478 e. The Labute approximate surface area is 100.0 Å². The SMILES string of the molecule is CCNC(=O)C(C)Oc1ccc(CN)cc1F. The molecule has 0 saturated heterocycles. The maximum Gasteiger partial charge on any atom is 0.260 e. The van der Waals surface area contributed by atoms with Crippen LogP contribution in [0.2, 0.25) is 0 Å². The number of hydrogen-bond acceptors (Lipinski definition) is 3. The Morgan fingerprint density at radius 1 is 1.59 bits per heavy atom. The summed E-state index contributed by atoms with van der Waals surface area (Å²) in [5, 5.41) is 2.60. The Balaban J connectivity index is 2.71. The predicted octanol–water partition coefficient (Wildman–Crippen LogP) is 1.19. The Morgan fingerprint density at radius 3 is 2.82 bits per heavy atom. The van der Waals surface area contributed by atoms with Gasteiger partial charge in [0.15, 0.2) is 17.7 Å². The largest absolute Gasteiger partial charge is 0.478 e. The van der Waals surface area contributed by atoms with Gasteiger partial charge in [0.25, 0.3) is 5.91 Å². The van der Waals surface area contributed by atoms with Gasteiger partial charge in [0, 0.05) is 13.1 Å². The van der Waals surface area contributed by atoms with E-state index in [1.165, 1.54) is 12.1 Å². The summed E-state index contributed by atoms with van der Waals surface area (Å²) in [6.07, 6.45) is -0.729. The van der Waals surface area contributed by atoms with Gasteiger partial charge in [0.2, 0.25) is 0 Å². The third kappa shape index (κ3) is 3.71. The molecule has 1 unspecified atom stereocenters. The molecule has 0 fully saturated rings. The topological polar surface area (TPSA) is 64.3 Å². The van der Waals surface area contributed by atoms with Crippen LogP contribution in [0.25, 0.3) is 0 Å². The summed E-state index contributed by atoms with van der Waals surface area (Å²) >= 11 is 0. The van der Waals surface area contributed by atoms with Crippen LogP contribution in [-0.2, 0) is 11.3 Å². The van der Waals surface area contributed by atoms with Gasteiger partial charge in [-0.1, -0.05) is 6.07 Å². The first-order valence-corrected chi connectivity index (χ1v) is 5.51. The molecule has 0 aliphatic carbocycles. The van der Waals surface area contributed by atoms with Crippen LogP contribution in [0.1, 0.15) is 19.4 Å². The number of ether oxygens (including phenoxy) is 1. The van der Waals surface area contributed by atoms with Gasteiger partial charge in [-0.3, -0.25) is 4.79 Å². The second-order valence-electron chi connectivity index (χ2n) is 3.62. The van der Waals surface area contributed by atoms with E-state index >= 15 is 0 Å². The zero-order valence-corrected chi connectivity index (χ0v) is 10.00. The number of benzene rings is 1. The van der Waals surface area contributed by atoms with Crippen LogP contribution in [0.15, 0.2) is 18.2 Å². The van der Waals surface area contributed by atoms with Crippen molar-refractivity contribution in [2.45, 2.75) is 26.5 Å². The highest BCUT2D eigenvalue weighted by molar-refractivity contribution is 5.80. The maximum absolute atomic E-state index is 13.5. The lowest BCUT2D eigenvalue weighted by Gasteiger charge is -2.14. The number of carbonyl (C=O) groups is 1. The summed E-state index contributed by atoms with van der Waals surface area (Å²) in [5.41, 5.74) is 6.07. The van der Waals surface area contributed by atoms with Crippen LogP contribution in [0.3, 0.4) is 0 Å². The first-order chi connectivity index (χ1) is 8.08. The molecule has 0 radical (unpaired) electrons. The fourth-order valence-electron chi connectivity index (χ4n) is 1.33. The zero-order valence-electron chi connectivity index (χ0n) is 10.00. The third-order valence-corrected chi connectivity index (χ3v) is 2.26. The number of amides is 1. The number of halogens is 1. The molecule has 0 bridgehead atoms. The van der Waals surface area contributed by atoms with Crippen molar-refractivity contribution in [3.63, 3.8) is 0 Å². The minimum atomic E-state index is -0.729. The van der Waals surface area contributed by atoms with Crippen LogP contribution in [-0.4, -0.2) is 18.6 Å². The number of hydrogen-bond donors (Lipinski definition) is 2. The van der Waals surface area contributed by atoms with Crippen LogP contribution in [0.5, 0.6) is 5.75 Å². The minimum absolute atomic E-state index is 0.0564. The van der Waals surface area contributed by atoms with E-state index in [2.05, 4.69) is 5.32 Å². The van der Waals surface area contributed by atoms with Crippen molar-refractivity contribution in [3.05, 3.63) is 29.6 Å².